The van der Waals surface area contributed by atoms with Crippen LogP contribution in [0.3, 0.4) is 0 Å². The van der Waals surface area contributed by atoms with Crippen molar-refractivity contribution in [3.05, 3.63) is 0 Å². The first kappa shape index (κ1) is 20.6. The van der Waals surface area contributed by atoms with Crippen LogP contribution >= 0.6 is 0 Å². The van der Waals surface area contributed by atoms with Crippen molar-refractivity contribution >= 4 is 17.6 Å². The van der Waals surface area contributed by atoms with Crippen LogP contribution in [0.5, 0.6) is 0 Å². The highest BCUT2D eigenvalue weighted by Crippen LogP contribution is 2.18. The molecule has 0 radical (unpaired) electrons. The molecule has 0 saturated carbocycles. The average Bonchev–Trinajstić information content (AvgIpc) is 2.41. The highest BCUT2D eigenvalue weighted by molar-refractivity contribution is 5.92. The molecule has 3 atom stereocenters. The molecule has 0 aromatic heterocycles. The zero-order valence-electron chi connectivity index (χ0n) is 15.3. The van der Waals surface area contributed by atoms with Gasteiger partial charge in [0.25, 0.3) is 0 Å². The topological polar surface area (TPSA) is 66.5 Å². The van der Waals surface area contributed by atoms with E-state index in [2.05, 4.69) is 5.32 Å². The number of carbonyl (C=O) groups is 3. The Morgan fingerprint density at radius 2 is 1.50 bits per heavy atom. The van der Waals surface area contributed by atoms with E-state index in [0.29, 0.717) is 6.42 Å². The van der Waals surface area contributed by atoms with Gasteiger partial charge in [-0.2, -0.15) is 0 Å². The monoisotopic (exact) mass is 312 g/mol. The zero-order chi connectivity index (χ0) is 17.6. The molecule has 0 spiro atoms. The summed E-state index contributed by atoms with van der Waals surface area (Å²) >= 11 is 0. The fourth-order valence-electron chi connectivity index (χ4n) is 2.06. The maximum Gasteiger partial charge on any atom is 0.243 e. The molecule has 0 aliphatic rings. The van der Waals surface area contributed by atoms with Gasteiger partial charge in [-0.1, -0.05) is 34.6 Å². The number of rotatable bonds is 8. The Balaban J connectivity index is 5.15. The summed E-state index contributed by atoms with van der Waals surface area (Å²) in [7, 11) is 1.67. The molecular weight excluding hydrogens is 280 g/mol. The summed E-state index contributed by atoms with van der Waals surface area (Å²) in [5.74, 6) is -0.0461. The van der Waals surface area contributed by atoms with Crippen molar-refractivity contribution in [1.82, 2.24) is 10.2 Å². The SMILES string of the molecule is CC(=O)[C@H](C)NC(=O)[C@H](CC(C)C)N(C)C(=O)[C@@H](C)C(C)C. The van der Waals surface area contributed by atoms with Crippen LogP contribution in [-0.2, 0) is 14.4 Å². The molecule has 1 N–H and O–H groups in total. The van der Waals surface area contributed by atoms with Crippen molar-refractivity contribution in [2.24, 2.45) is 17.8 Å². The third-order valence-electron chi connectivity index (χ3n) is 4.17. The number of ketones is 1. The summed E-state index contributed by atoms with van der Waals surface area (Å²) in [5, 5.41) is 2.71. The second-order valence-corrected chi connectivity index (χ2v) is 6.97. The van der Waals surface area contributed by atoms with Gasteiger partial charge in [0.15, 0.2) is 5.78 Å². The van der Waals surface area contributed by atoms with Crippen LogP contribution in [-0.4, -0.2) is 41.6 Å². The molecule has 5 heteroatoms. The third kappa shape index (κ3) is 6.16. The van der Waals surface area contributed by atoms with Crippen LogP contribution in [0.4, 0.5) is 0 Å². The lowest BCUT2D eigenvalue weighted by atomic mass is 9.94. The van der Waals surface area contributed by atoms with E-state index in [0.717, 1.165) is 0 Å². The minimum absolute atomic E-state index is 0.0359. The number of Topliss-reactive ketones (excluding diaryl/α,β-unsaturated/α-hetero) is 1. The fourth-order valence-corrected chi connectivity index (χ4v) is 2.06. The van der Waals surface area contributed by atoms with E-state index in [1.165, 1.54) is 11.8 Å². The van der Waals surface area contributed by atoms with Gasteiger partial charge in [0.2, 0.25) is 11.8 Å². The normalized spacial score (nSPS) is 15.4. The summed E-state index contributed by atoms with van der Waals surface area (Å²) < 4.78 is 0. The van der Waals surface area contributed by atoms with Crippen molar-refractivity contribution in [2.75, 3.05) is 7.05 Å². The Morgan fingerprint density at radius 3 is 1.86 bits per heavy atom. The van der Waals surface area contributed by atoms with E-state index in [9.17, 15) is 14.4 Å². The summed E-state index contributed by atoms with van der Waals surface area (Å²) in [4.78, 5) is 37.8. The van der Waals surface area contributed by atoms with Crippen molar-refractivity contribution < 1.29 is 14.4 Å². The molecule has 0 aromatic rings. The van der Waals surface area contributed by atoms with Gasteiger partial charge in [-0.25, -0.2) is 0 Å². The van der Waals surface area contributed by atoms with Gasteiger partial charge in [0.05, 0.1) is 6.04 Å². The molecule has 0 unspecified atom stereocenters. The van der Waals surface area contributed by atoms with Crippen LogP contribution in [0.2, 0.25) is 0 Å². The standard InChI is InChI=1S/C17H32N2O3/c1-10(2)9-15(16(21)18-13(6)14(7)20)19(8)17(22)12(5)11(3)4/h10-13,15H,9H2,1-8H3,(H,18,21)/t12-,13-,15-/m0/s1. The van der Waals surface area contributed by atoms with E-state index in [-0.39, 0.29) is 35.4 Å². The Morgan fingerprint density at radius 1 is 1.00 bits per heavy atom. The molecule has 0 aromatic carbocycles. The first-order valence-electron chi connectivity index (χ1n) is 8.06. The first-order chi connectivity index (χ1) is 9.98. The molecule has 0 rings (SSSR count). The molecule has 0 aliphatic carbocycles. The Hall–Kier alpha value is -1.39. The van der Waals surface area contributed by atoms with E-state index in [1.54, 1.807) is 14.0 Å². The molecule has 0 bridgehead atoms. The van der Waals surface area contributed by atoms with Crippen molar-refractivity contribution in [2.45, 2.75) is 67.0 Å². The Labute approximate surface area is 134 Å². The second-order valence-electron chi connectivity index (χ2n) is 6.97. The maximum atomic E-state index is 12.5. The van der Waals surface area contributed by atoms with Gasteiger partial charge in [0, 0.05) is 13.0 Å². The van der Waals surface area contributed by atoms with Crippen LogP contribution < -0.4 is 5.32 Å². The number of hydrogen-bond donors (Lipinski definition) is 1. The van der Waals surface area contributed by atoms with E-state index >= 15 is 0 Å². The lowest BCUT2D eigenvalue weighted by molar-refractivity contribution is -0.143. The number of hydrogen-bond acceptors (Lipinski definition) is 3. The van der Waals surface area contributed by atoms with Gasteiger partial charge in [-0.15, -0.1) is 0 Å². The van der Waals surface area contributed by atoms with Crippen LogP contribution in [0.15, 0.2) is 0 Å². The molecule has 5 nitrogen and oxygen atoms in total. The number of carbonyl (C=O) groups excluding carboxylic acids is 3. The molecule has 0 fully saturated rings. The van der Waals surface area contributed by atoms with Gasteiger partial charge in [-0.05, 0) is 32.1 Å². The van der Waals surface area contributed by atoms with Crippen molar-refractivity contribution in [1.29, 1.82) is 0 Å². The molecule has 0 heterocycles. The highest BCUT2D eigenvalue weighted by Gasteiger charge is 2.31. The molecule has 2 amide bonds. The summed E-state index contributed by atoms with van der Waals surface area (Å²) in [6.45, 7) is 13.0. The fraction of sp³-hybridized carbons (Fsp3) is 0.824. The second kappa shape index (κ2) is 8.91. The lowest BCUT2D eigenvalue weighted by Gasteiger charge is -2.32. The molecule has 0 saturated heterocycles. The minimum atomic E-state index is -0.546. The van der Waals surface area contributed by atoms with Gasteiger partial charge < -0.3 is 10.2 Å². The van der Waals surface area contributed by atoms with Crippen LogP contribution in [0.25, 0.3) is 0 Å². The minimum Gasteiger partial charge on any atom is -0.345 e. The summed E-state index contributed by atoms with van der Waals surface area (Å²) in [5.41, 5.74) is 0. The predicted molar refractivity (Wildman–Crippen MR) is 88.3 cm³/mol. The van der Waals surface area contributed by atoms with Gasteiger partial charge in [-0.3, -0.25) is 14.4 Å². The summed E-state index contributed by atoms with van der Waals surface area (Å²) in [6.07, 6.45) is 0.573. The maximum absolute atomic E-state index is 12.5. The largest absolute Gasteiger partial charge is 0.345 e. The quantitative estimate of drug-likeness (QED) is 0.747. The number of likely N-dealkylation sites (N-methyl/N-ethyl adjacent to an activating group) is 1. The predicted octanol–water partition coefficient (Wildman–Crippen LogP) is 2.25. The number of nitrogens with one attached hydrogen (secondary N) is 1. The van der Waals surface area contributed by atoms with E-state index < -0.39 is 12.1 Å². The Kier molecular flexibility index (Phi) is 8.35. The Bertz CT molecular complexity index is 405. The number of amides is 2. The smallest absolute Gasteiger partial charge is 0.243 e. The molecule has 0 aliphatic heterocycles. The summed E-state index contributed by atoms with van der Waals surface area (Å²) in [6, 6.07) is -1.08. The third-order valence-corrected chi connectivity index (χ3v) is 4.17. The molecular formula is C17H32N2O3. The van der Waals surface area contributed by atoms with Crippen molar-refractivity contribution in [3.63, 3.8) is 0 Å². The van der Waals surface area contributed by atoms with Crippen LogP contribution in [0, 0.1) is 17.8 Å². The van der Waals surface area contributed by atoms with E-state index in [1.807, 2.05) is 34.6 Å². The van der Waals surface area contributed by atoms with Gasteiger partial charge >= 0.3 is 0 Å². The number of nitrogens with zero attached hydrogens (tertiary/aromatic N) is 1. The van der Waals surface area contributed by atoms with E-state index in [4.69, 9.17) is 0 Å². The highest BCUT2D eigenvalue weighted by atomic mass is 16.2. The zero-order valence-corrected chi connectivity index (χ0v) is 15.3. The van der Waals surface area contributed by atoms with Crippen LogP contribution in [0.1, 0.15) is 54.9 Å². The van der Waals surface area contributed by atoms with Gasteiger partial charge in [0.1, 0.15) is 6.04 Å². The average molecular weight is 312 g/mol. The first-order valence-corrected chi connectivity index (χ1v) is 8.06. The lowest BCUT2D eigenvalue weighted by Crippen LogP contribution is -2.52. The van der Waals surface area contributed by atoms with Crippen molar-refractivity contribution in [3.8, 4) is 0 Å². The molecule has 22 heavy (non-hydrogen) atoms. The molecule has 128 valence electrons.